The van der Waals surface area contributed by atoms with Gasteiger partial charge in [-0.3, -0.25) is 0 Å². The number of aliphatic imine (C=N–C) groups is 1. The summed E-state index contributed by atoms with van der Waals surface area (Å²) >= 11 is 7.34. The van der Waals surface area contributed by atoms with Crippen LogP contribution < -0.4 is 16.4 Å². The number of nitrogens with zero attached hydrogens (tertiary/aromatic N) is 1. The Kier molecular flexibility index (Phi) is 7.05. The second kappa shape index (κ2) is 9.53. The summed E-state index contributed by atoms with van der Waals surface area (Å²) in [5, 5.41) is 6.70. The van der Waals surface area contributed by atoms with Gasteiger partial charge >= 0.3 is 0 Å². The van der Waals surface area contributed by atoms with Gasteiger partial charge in [-0.1, -0.05) is 35.9 Å². The second-order valence-corrected chi connectivity index (χ2v) is 10.2. The van der Waals surface area contributed by atoms with E-state index in [4.69, 9.17) is 23.0 Å². The molecule has 0 radical (unpaired) electrons. The maximum absolute atomic E-state index is 12.5. The largest absolute Gasteiger partial charge is 0.371 e. The summed E-state index contributed by atoms with van der Waals surface area (Å²) in [6.45, 7) is 2.17. The molecule has 0 amide bonds. The van der Waals surface area contributed by atoms with E-state index in [1.165, 1.54) is 0 Å². The lowest BCUT2D eigenvalue weighted by Gasteiger charge is -2.22. The smallest absolute Gasteiger partial charge is 0.195 e. The molecule has 0 fully saturated rings. The minimum atomic E-state index is -3.28. The molecular formula is C21H23ClN4O2S2. The zero-order valence-electron chi connectivity index (χ0n) is 16.4. The van der Waals surface area contributed by atoms with Crippen LogP contribution in [0, 0.1) is 12.6 Å². The standard InChI is InChI=1S/C21H23ClN4O2S2/c1-14-17(4-3-5-18(14)22)19-12-20(26-21(23)25-19)24-10-11-30(27,28)13-15-6-8-16(29-2)9-7-15/h2-9,12,19,24H,10-11,13H2,1H3,(H3,23,25,26). The molecule has 0 saturated carbocycles. The predicted octanol–water partition coefficient (Wildman–Crippen LogP) is 3.33. The van der Waals surface area contributed by atoms with Crippen LogP contribution in [0.4, 0.5) is 0 Å². The van der Waals surface area contributed by atoms with Gasteiger partial charge in [-0.15, -0.1) is 16.9 Å². The number of hydrogen-bond donors (Lipinski definition) is 3. The van der Waals surface area contributed by atoms with E-state index in [1.54, 1.807) is 12.1 Å². The van der Waals surface area contributed by atoms with Crippen LogP contribution in [0.25, 0.3) is 0 Å². The number of nitrogens with one attached hydrogen (secondary N) is 2. The Balaban J connectivity index is 1.62. The molecule has 6 nitrogen and oxygen atoms in total. The number of guanidine groups is 1. The highest BCUT2D eigenvalue weighted by atomic mass is 35.5. The van der Waals surface area contributed by atoms with Crippen LogP contribution in [-0.4, -0.2) is 26.7 Å². The molecule has 0 spiro atoms. The van der Waals surface area contributed by atoms with Gasteiger partial charge in [-0.05, 0) is 47.9 Å². The summed E-state index contributed by atoms with van der Waals surface area (Å²) in [6, 6.07) is 12.5. The van der Waals surface area contributed by atoms with Gasteiger partial charge in [0.2, 0.25) is 0 Å². The molecule has 0 aromatic heterocycles. The number of rotatable bonds is 7. The van der Waals surface area contributed by atoms with Gasteiger partial charge in [-0.2, -0.15) is 0 Å². The highest BCUT2D eigenvalue weighted by molar-refractivity contribution is 7.90. The minimum absolute atomic E-state index is 0.0166. The van der Waals surface area contributed by atoms with Crippen molar-refractivity contribution < 1.29 is 8.42 Å². The molecule has 2 aromatic carbocycles. The summed E-state index contributed by atoms with van der Waals surface area (Å²) < 4.78 is 24.9. The predicted molar refractivity (Wildman–Crippen MR) is 125 cm³/mol. The van der Waals surface area contributed by atoms with Crippen LogP contribution in [0.15, 0.2) is 64.2 Å². The molecule has 3 rings (SSSR count). The van der Waals surface area contributed by atoms with Crippen LogP contribution in [0.2, 0.25) is 5.02 Å². The monoisotopic (exact) mass is 462 g/mol. The van der Waals surface area contributed by atoms with E-state index in [9.17, 15) is 8.42 Å². The van der Waals surface area contributed by atoms with Crippen LogP contribution in [0.5, 0.6) is 0 Å². The third-order valence-electron chi connectivity index (χ3n) is 4.67. The van der Waals surface area contributed by atoms with Gasteiger partial charge in [0, 0.05) is 16.5 Å². The molecule has 1 aliphatic heterocycles. The highest BCUT2D eigenvalue weighted by Gasteiger charge is 2.19. The Morgan fingerprint density at radius 3 is 2.70 bits per heavy atom. The van der Waals surface area contributed by atoms with Crippen molar-refractivity contribution in [2.45, 2.75) is 23.6 Å². The first kappa shape index (κ1) is 22.2. The summed E-state index contributed by atoms with van der Waals surface area (Å²) in [5.41, 5.74) is 14.0. The normalized spacial score (nSPS) is 16.2. The molecule has 0 saturated heterocycles. The molecule has 0 bridgehead atoms. The fraction of sp³-hybridized carbons (Fsp3) is 0.238. The van der Waals surface area contributed by atoms with Crippen molar-refractivity contribution in [2.75, 3.05) is 12.3 Å². The first-order valence-corrected chi connectivity index (χ1v) is 12.3. The topological polar surface area (TPSA) is 96.6 Å². The zero-order valence-corrected chi connectivity index (χ0v) is 18.8. The van der Waals surface area contributed by atoms with Crippen LogP contribution in [0.1, 0.15) is 22.7 Å². The van der Waals surface area contributed by atoms with E-state index in [0.29, 0.717) is 10.8 Å². The van der Waals surface area contributed by atoms with Crippen molar-refractivity contribution in [2.24, 2.45) is 10.7 Å². The number of benzene rings is 2. The average molecular weight is 463 g/mol. The number of halogens is 1. The molecule has 4 N–H and O–H groups in total. The summed E-state index contributed by atoms with van der Waals surface area (Å²) in [4.78, 5) is 5.30. The molecule has 0 aliphatic carbocycles. The fourth-order valence-corrected chi connectivity index (χ4v) is 4.83. The van der Waals surface area contributed by atoms with Gasteiger partial charge in [0.25, 0.3) is 0 Å². The summed E-state index contributed by atoms with van der Waals surface area (Å²) in [5.74, 6) is 0.832. The maximum atomic E-state index is 12.5. The number of hydrogen-bond acceptors (Lipinski definition) is 6. The Morgan fingerprint density at radius 2 is 2.00 bits per heavy atom. The van der Waals surface area contributed by atoms with Crippen molar-refractivity contribution in [1.82, 2.24) is 10.6 Å². The lowest BCUT2D eigenvalue weighted by Crippen LogP contribution is -2.40. The molecule has 1 atom stereocenters. The Labute approximate surface area is 185 Å². The van der Waals surface area contributed by atoms with Crippen molar-refractivity contribution in [3.63, 3.8) is 0 Å². The van der Waals surface area contributed by atoms with Crippen molar-refractivity contribution in [1.29, 1.82) is 0 Å². The Hall–Kier alpha value is -2.51. The molecule has 2 aromatic rings. The Bertz CT molecular complexity index is 1140. The minimum Gasteiger partial charge on any atom is -0.371 e. The first-order valence-electron chi connectivity index (χ1n) is 9.24. The van der Waals surface area contributed by atoms with Gasteiger partial charge in [-0.25, -0.2) is 13.4 Å². The third kappa shape index (κ3) is 5.77. The summed E-state index contributed by atoms with van der Waals surface area (Å²) in [7, 11) is -3.28. The highest BCUT2D eigenvalue weighted by Crippen LogP contribution is 2.29. The fourth-order valence-electron chi connectivity index (χ4n) is 3.10. The number of sulfone groups is 1. The van der Waals surface area contributed by atoms with Crippen LogP contribution in [-0.2, 0) is 15.6 Å². The Morgan fingerprint density at radius 1 is 1.27 bits per heavy atom. The lowest BCUT2D eigenvalue weighted by molar-refractivity contribution is 0.592. The quantitative estimate of drug-likeness (QED) is 0.586. The van der Waals surface area contributed by atoms with Crippen molar-refractivity contribution >= 4 is 38.6 Å². The zero-order chi connectivity index (χ0) is 21.7. The molecule has 30 heavy (non-hydrogen) atoms. The van der Waals surface area contributed by atoms with E-state index < -0.39 is 9.84 Å². The van der Waals surface area contributed by atoms with Gasteiger partial charge in [0.1, 0.15) is 11.9 Å². The molecule has 1 heterocycles. The van der Waals surface area contributed by atoms with Crippen LogP contribution >= 0.6 is 22.8 Å². The molecule has 158 valence electrons. The molecular weight excluding hydrogens is 440 g/mol. The van der Waals surface area contributed by atoms with Crippen molar-refractivity contribution in [3.8, 4) is 5.69 Å². The van der Waals surface area contributed by atoms with E-state index in [0.717, 1.165) is 32.8 Å². The van der Waals surface area contributed by atoms with Crippen molar-refractivity contribution in [3.05, 3.63) is 76.1 Å². The van der Waals surface area contributed by atoms with Gasteiger partial charge in [0.05, 0.1) is 11.5 Å². The third-order valence-corrected chi connectivity index (χ3v) is 7.22. The second-order valence-electron chi connectivity index (χ2n) is 6.90. The maximum Gasteiger partial charge on any atom is 0.195 e. The van der Waals surface area contributed by atoms with E-state index in [2.05, 4.69) is 15.6 Å². The van der Waals surface area contributed by atoms with E-state index >= 15 is 0 Å². The van der Waals surface area contributed by atoms with Crippen LogP contribution in [0.3, 0.4) is 0 Å². The lowest BCUT2D eigenvalue weighted by atomic mass is 10.0. The number of nitrogens with two attached hydrogens (primary N) is 1. The van der Waals surface area contributed by atoms with E-state index in [1.807, 2.05) is 43.3 Å². The molecule has 9 heteroatoms. The first-order chi connectivity index (χ1) is 14.3. The molecule has 1 unspecified atom stereocenters. The molecule has 1 aliphatic rings. The van der Waals surface area contributed by atoms with Gasteiger partial charge in [0.15, 0.2) is 15.8 Å². The summed E-state index contributed by atoms with van der Waals surface area (Å²) in [6.07, 6.45) is 1.87. The van der Waals surface area contributed by atoms with E-state index in [-0.39, 0.29) is 30.1 Å². The SMILES string of the molecule is C#Sc1ccc(CS(=O)(=O)CCNC2=CC(c3cccc(Cl)c3C)N=C(N)N2)cc1. The van der Waals surface area contributed by atoms with Gasteiger partial charge < -0.3 is 16.4 Å². The average Bonchev–Trinajstić information content (AvgIpc) is 2.70.